The van der Waals surface area contributed by atoms with E-state index in [9.17, 15) is 4.79 Å². The van der Waals surface area contributed by atoms with E-state index < -0.39 is 0 Å². The average molecular weight is 257 g/mol. The summed E-state index contributed by atoms with van der Waals surface area (Å²) in [6.07, 6.45) is 4.15. The highest BCUT2D eigenvalue weighted by molar-refractivity contribution is 5.97. The number of likely N-dealkylation sites (tertiary alicyclic amines) is 1. The maximum Gasteiger partial charge on any atom is 0.176 e. The summed E-state index contributed by atoms with van der Waals surface area (Å²) in [7, 11) is 0. The Kier molecular flexibility index (Phi) is 3.44. The summed E-state index contributed by atoms with van der Waals surface area (Å²) in [6, 6.07) is 6.07. The maximum absolute atomic E-state index is 12.3. The smallest absolute Gasteiger partial charge is 0.176 e. The molecule has 1 heterocycles. The molecule has 0 radical (unpaired) electrons. The second-order valence-electron chi connectivity index (χ2n) is 6.37. The van der Waals surface area contributed by atoms with Crippen molar-refractivity contribution in [2.24, 2.45) is 11.8 Å². The van der Waals surface area contributed by atoms with Gasteiger partial charge in [0.15, 0.2) is 5.78 Å². The fourth-order valence-corrected chi connectivity index (χ4v) is 3.67. The maximum atomic E-state index is 12.3. The van der Waals surface area contributed by atoms with E-state index in [1.54, 1.807) is 0 Å². The molecule has 1 aromatic rings. The molecular weight excluding hydrogens is 234 g/mol. The number of hydrogen-bond acceptors (Lipinski definition) is 2. The second kappa shape index (κ2) is 5.09. The third-order valence-electron chi connectivity index (χ3n) is 5.00. The Bertz CT molecular complexity index is 482. The van der Waals surface area contributed by atoms with Crippen LogP contribution in [0, 0.1) is 25.7 Å². The molecule has 0 bridgehead atoms. The zero-order valence-electron chi connectivity index (χ0n) is 12.0. The number of benzene rings is 1. The van der Waals surface area contributed by atoms with Gasteiger partial charge in [-0.05, 0) is 55.7 Å². The van der Waals surface area contributed by atoms with Gasteiger partial charge in [-0.15, -0.1) is 0 Å². The van der Waals surface area contributed by atoms with E-state index in [1.807, 2.05) is 12.1 Å². The molecule has 0 N–H and O–H groups in total. The van der Waals surface area contributed by atoms with Crippen molar-refractivity contribution in [3.05, 3.63) is 34.9 Å². The van der Waals surface area contributed by atoms with Crippen molar-refractivity contribution in [3.8, 4) is 0 Å². The molecule has 0 amide bonds. The molecule has 1 saturated carbocycles. The standard InChI is InChI=1S/C17H23NO/c1-12-6-7-14(8-13(12)2)17(19)11-18-9-15-4-3-5-16(15)10-18/h6-8,15-16H,3-5,9-11H2,1-2H3. The van der Waals surface area contributed by atoms with Crippen LogP contribution in [0.1, 0.15) is 40.7 Å². The predicted octanol–water partition coefficient (Wildman–Crippen LogP) is 3.22. The lowest BCUT2D eigenvalue weighted by Gasteiger charge is -2.16. The monoisotopic (exact) mass is 257 g/mol. The first-order chi connectivity index (χ1) is 9.13. The van der Waals surface area contributed by atoms with E-state index in [0.29, 0.717) is 6.54 Å². The highest BCUT2D eigenvalue weighted by atomic mass is 16.1. The molecule has 0 aromatic heterocycles. The lowest BCUT2D eigenvalue weighted by atomic mass is 10.0. The molecule has 2 aliphatic rings. The van der Waals surface area contributed by atoms with Crippen LogP contribution in [0.3, 0.4) is 0 Å². The number of rotatable bonds is 3. The van der Waals surface area contributed by atoms with Crippen molar-refractivity contribution < 1.29 is 4.79 Å². The Labute approximate surface area is 115 Å². The van der Waals surface area contributed by atoms with Crippen LogP contribution in [0.25, 0.3) is 0 Å². The SMILES string of the molecule is Cc1ccc(C(=O)CN2CC3CCCC3C2)cc1C. The van der Waals surface area contributed by atoms with Crippen LogP contribution in [-0.4, -0.2) is 30.3 Å². The van der Waals surface area contributed by atoms with E-state index in [2.05, 4.69) is 24.8 Å². The Morgan fingerprint density at radius 3 is 2.47 bits per heavy atom. The average Bonchev–Trinajstić information content (AvgIpc) is 2.93. The van der Waals surface area contributed by atoms with Gasteiger partial charge < -0.3 is 0 Å². The van der Waals surface area contributed by atoms with Crippen molar-refractivity contribution in [1.29, 1.82) is 0 Å². The third-order valence-corrected chi connectivity index (χ3v) is 5.00. The number of hydrogen-bond donors (Lipinski definition) is 0. The molecule has 3 rings (SSSR count). The van der Waals surface area contributed by atoms with E-state index >= 15 is 0 Å². The topological polar surface area (TPSA) is 20.3 Å². The predicted molar refractivity (Wildman–Crippen MR) is 77.5 cm³/mol. The van der Waals surface area contributed by atoms with Crippen molar-refractivity contribution in [1.82, 2.24) is 4.90 Å². The van der Waals surface area contributed by atoms with Gasteiger partial charge in [-0.3, -0.25) is 9.69 Å². The van der Waals surface area contributed by atoms with Gasteiger partial charge in [0.1, 0.15) is 0 Å². The van der Waals surface area contributed by atoms with Gasteiger partial charge in [-0.25, -0.2) is 0 Å². The van der Waals surface area contributed by atoms with Crippen LogP contribution in [0.4, 0.5) is 0 Å². The second-order valence-corrected chi connectivity index (χ2v) is 6.37. The van der Waals surface area contributed by atoms with Crippen molar-refractivity contribution in [2.75, 3.05) is 19.6 Å². The first kappa shape index (κ1) is 12.9. The summed E-state index contributed by atoms with van der Waals surface area (Å²) in [5, 5.41) is 0. The van der Waals surface area contributed by atoms with E-state index in [1.165, 1.54) is 30.4 Å². The van der Waals surface area contributed by atoms with Gasteiger partial charge in [0.2, 0.25) is 0 Å². The van der Waals surface area contributed by atoms with Gasteiger partial charge in [-0.2, -0.15) is 0 Å². The highest BCUT2D eigenvalue weighted by Crippen LogP contribution is 2.37. The van der Waals surface area contributed by atoms with E-state index in [4.69, 9.17) is 0 Å². The van der Waals surface area contributed by atoms with Gasteiger partial charge in [0.05, 0.1) is 6.54 Å². The zero-order chi connectivity index (χ0) is 13.4. The molecule has 2 nitrogen and oxygen atoms in total. The van der Waals surface area contributed by atoms with Crippen LogP contribution in [0.5, 0.6) is 0 Å². The summed E-state index contributed by atoms with van der Waals surface area (Å²) in [6.45, 7) is 7.05. The molecule has 2 unspecified atom stereocenters. The summed E-state index contributed by atoms with van der Waals surface area (Å²) in [5.74, 6) is 2.02. The van der Waals surface area contributed by atoms with Crippen LogP contribution in [0.15, 0.2) is 18.2 Å². The quantitative estimate of drug-likeness (QED) is 0.775. The molecular formula is C17H23NO. The largest absolute Gasteiger partial charge is 0.295 e. The number of carbonyl (C=O) groups is 1. The minimum atomic E-state index is 0.281. The Morgan fingerprint density at radius 1 is 1.16 bits per heavy atom. The van der Waals surface area contributed by atoms with E-state index in [-0.39, 0.29) is 5.78 Å². The first-order valence-corrected chi connectivity index (χ1v) is 7.46. The summed E-state index contributed by atoms with van der Waals surface area (Å²) >= 11 is 0. The number of aryl methyl sites for hydroxylation is 2. The summed E-state index contributed by atoms with van der Waals surface area (Å²) in [4.78, 5) is 14.7. The lowest BCUT2D eigenvalue weighted by molar-refractivity contribution is 0.0941. The Balaban J connectivity index is 1.63. The molecule has 19 heavy (non-hydrogen) atoms. The fourth-order valence-electron chi connectivity index (χ4n) is 3.67. The lowest BCUT2D eigenvalue weighted by Crippen LogP contribution is -2.28. The third kappa shape index (κ3) is 2.59. The van der Waals surface area contributed by atoms with Gasteiger partial charge in [0.25, 0.3) is 0 Å². The number of Topliss-reactive ketones (excluding diaryl/α,β-unsaturated/α-hetero) is 1. The van der Waals surface area contributed by atoms with Gasteiger partial charge in [-0.1, -0.05) is 18.6 Å². The number of carbonyl (C=O) groups excluding carboxylic acids is 1. The summed E-state index contributed by atoms with van der Waals surface area (Å²) in [5.41, 5.74) is 3.34. The molecule has 2 atom stereocenters. The molecule has 1 aliphatic heterocycles. The molecule has 2 heteroatoms. The van der Waals surface area contributed by atoms with Crippen LogP contribution >= 0.6 is 0 Å². The van der Waals surface area contributed by atoms with Gasteiger partial charge in [0, 0.05) is 18.7 Å². The Hall–Kier alpha value is -1.15. The molecule has 1 aliphatic carbocycles. The highest BCUT2D eigenvalue weighted by Gasteiger charge is 2.36. The van der Waals surface area contributed by atoms with Crippen molar-refractivity contribution in [2.45, 2.75) is 33.1 Å². The minimum absolute atomic E-state index is 0.281. The molecule has 1 saturated heterocycles. The van der Waals surface area contributed by atoms with Gasteiger partial charge >= 0.3 is 0 Å². The number of fused-ring (bicyclic) bond motifs is 1. The molecule has 1 aromatic carbocycles. The number of nitrogens with zero attached hydrogens (tertiary/aromatic N) is 1. The molecule has 102 valence electrons. The number of ketones is 1. The van der Waals surface area contributed by atoms with Crippen LogP contribution in [0.2, 0.25) is 0 Å². The zero-order valence-corrected chi connectivity index (χ0v) is 12.0. The minimum Gasteiger partial charge on any atom is -0.295 e. The van der Waals surface area contributed by atoms with Crippen molar-refractivity contribution >= 4 is 5.78 Å². The fraction of sp³-hybridized carbons (Fsp3) is 0.588. The van der Waals surface area contributed by atoms with Crippen molar-refractivity contribution in [3.63, 3.8) is 0 Å². The van der Waals surface area contributed by atoms with Crippen LogP contribution < -0.4 is 0 Å². The molecule has 0 spiro atoms. The first-order valence-electron chi connectivity index (χ1n) is 7.46. The molecule has 2 fully saturated rings. The Morgan fingerprint density at radius 2 is 1.84 bits per heavy atom. The van der Waals surface area contributed by atoms with E-state index in [0.717, 1.165) is 30.5 Å². The van der Waals surface area contributed by atoms with Crippen LogP contribution in [-0.2, 0) is 0 Å². The normalized spacial score (nSPS) is 26.6. The summed E-state index contributed by atoms with van der Waals surface area (Å²) < 4.78 is 0.